The fourth-order valence-electron chi connectivity index (χ4n) is 5.64. The zero-order valence-corrected chi connectivity index (χ0v) is 17.3. The van der Waals surface area contributed by atoms with E-state index < -0.39 is 5.97 Å². The maximum atomic E-state index is 11.4. The molecule has 3 nitrogen and oxygen atoms in total. The molecule has 0 bridgehead atoms. The van der Waals surface area contributed by atoms with E-state index in [0.717, 1.165) is 32.1 Å². The molecular formula is C25H35NO2. The van der Waals surface area contributed by atoms with Gasteiger partial charge in [-0.2, -0.15) is 5.26 Å². The Morgan fingerprint density at radius 2 is 1.86 bits per heavy atom. The third kappa shape index (κ3) is 4.96. The summed E-state index contributed by atoms with van der Waals surface area (Å²) in [6.45, 7) is 2.26. The fourth-order valence-corrected chi connectivity index (χ4v) is 5.64. The van der Waals surface area contributed by atoms with Gasteiger partial charge in [0.05, 0.1) is 11.6 Å². The largest absolute Gasteiger partial charge is 0.478 e. The van der Waals surface area contributed by atoms with Gasteiger partial charge in [0.1, 0.15) is 0 Å². The van der Waals surface area contributed by atoms with Crippen molar-refractivity contribution >= 4 is 5.97 Å². The van der Waals surface area contributed by atoms with E-state index in [4.69, 9.17) is 0 Å². The summed E-state index contributed by atoms with van der Waals surface area (Å²) in [5.74, 6) is 1.33. The Kier molecular flexibility index (Phi) is 7.54. The van der Waals surface area contributed by atoms with Crippen LogP contribution >= 0.6 is 0 Å². The Labute approximate surface area is 170 Å². The SMILES string of the molecule is CCCCCCCC1CCc2cc(C(=O)O)ccc2C1C1CCC(C#N)CC1. The molecule has 0 spiro atoms. The highest BCUT2D eigenvalue weighted by Crippen LogP contribution is 2.48. The first kappa shape index (κ1) is 20.9. The second-order valence-corrected chi connectivity index (χ2v) is 8.99. The van der Waals surface area contributed by atoms with E-state index >= 15 is 0 Å². The molecule has 3 rings (SSSR count). The highest BCUT2D eigenvalue weighted by atomic mass is 16.4. The van der Waals surface area contributed by atoms with Crippen LogP contribution in [0.4, 0.5) is 0 Å². The third-order valence-corrected chi connectivity index (χ3v) is 7.18. The highest BCUT2D eigenvalue weighted by Gasteiger charge is 2.37. The van der Waals surface area contributed by atoms with E-state index in [1.807, 2.05) is 6.07 Å². The van der Waals surface area contributed by atoms with Gasteiger partial charge in [-0.05, 0) is 86.0 Å². The zero-order chi connectivity index (χ0) is 19.9. The zero-order valence-electron chi connectivity index (χ0n) is 17.3. The summed E-state index contributed by atoms with van der Waals surface area (Å²) in [4.78, 5) is 11.4. The van der Waals surface area contributed by atoms with Crippen molar-refractivity contribution in [3.63, 3.8) is 0 Å². The summed E-state index contributed by atoms with van der Waals surface area (Å²) in [5.41, 5.74) is 3.09. The van der Waals surface area contributed by atoms with Gasteiger partial charge in [0.25, 0.3) is 0 Å². The van der Waals surface area contributed by atoms with Gasteiger partial charge in [0.15, 0.2) is 0 Å². The van der Waals surface area contributed by atoms with Gasteiger partial charge in [-0.3, -0.25) is 0 Å². The van der Waals surface area contributed by atoms with E-state index in [1.165, 1.54) is 56.1 Å². The number of aryl methyl sites for hydroxylation is 1. The monoisotopic (exact) mass is 381 g/mol. The lowest BCUT2D eigenvalue weighted by Gasteiger charge is -2.41. The molecule has 1 aromatic rings. The van der Waals surface area contributed by atoms with Gasteiger partial charge in [-0.1, -0.05) is 45.1 Å². The van der Waals surface area contributed by atoms with Gasteiger partial charge in [-0.25, -0.2) is 4.79 Å². The molecule has 0 radical (unpaired) electrons. The molecular weight excluding hydrogens is 346 g/mol. The minimum atomic E-state index is -0.827. The van der Waals surface area contributed by atoms with E-state index in [0.29, 0.717) is 23.3 Å². The Morgan fingerprint density at radius 3 is 2.54 bits per heavy atom. The van der Waals surface area contributed by atoms with Crippen molar-refractivity contribution in [1.82, 2.24) is 0 Å². The number of rotatable bonds is 8. The van der Waals surface area contributed by atoms with Crippen LogP contribution in [0.15, 0.2) is 18.2 Å². The first-order chi connectivity index (χ1) is 13.6. The van der Waals surface area contributed by atoms with Crippen LogP contribution in [0.25, 0.3) is 0 Å². The van der Waals surface area contributed by atoms with Crippen molar-refractivity contribution < 1.29 is 9.90 Å². The van der Waals surface area contributed by atoms with Crippen LogP contribution < -0.4 is 0 Å². The van der Waals surface area contributed by atoms with Gasteiger partial charge < -0.3 is 5.11 Å². The summed E-state index contributed by atoms with van der Waals surface area (Å²) in [5, 5.41) is 18.6. The number of fused-ring (bicyclic) bond motifs is 1. The lowest BCUT2D eigenvalue weighted by molar-refractivity contribution is 0.0696. The Bertz CT molecular complexity index is 697. The Balaban J connectivity index is 1.76. The number of nitrogens with zero attached hydrogens (tertiary/aromatic N) is 1. The second kappa shape index (κ2) is 10.1. The van der Waals surface area contributed by atoms with Crippen LogP contribution in [0.1, 0.15) is 105 Å². The van der Waals surface area contributed by atoms with Crippen LogP contribution in [-0.4, -0.2) is 11.1 Å². The highest BCUT2D eigenvalue weighted by molar-refractivity contribution is 5.88. The van der Waals surface area contributed by atoms with Crippen LogP contribution in [-0.2, 0) is 6.42 Å². The van der Waals surface area contributed by atoms with Crippen LogP contribution in [0.3, 0.4) is 0 Å². The van der Waals surface area contributed by atoms with Gasteiger partial charge in [0.2, 0.25) is 0 Å². The molecule has 1 fully saturated rings. The van der Waals surface area contributed by atoms with Gasteiger partial charge in [0, 0.05) is 5.92 Å². The molecule has 2 aliphatic rings. The summed E-state index contributed by atoms with van der Waals surface area (Å²) in [6, 6.07) is 8.30. The minimum Gasteiger partial charge on any atom is -0.478 e. The van der Waals surface area contributed by atoms with Crippen molar-refractivity contribution in [2.45, 2.75) is 89.9 Å². The topological polar surface area (TPSA) is 61.1 Å². The molecule has 2 atom stereocenters. The van der Waals surface area contributed by atoms with Crippen molar-refractivity contribution in [3.8, 4) is 6.07 Å². The summed E-state index contributed by atoms with van der Waals surface area (Å²) in [7, 11) is 0. The number of unbranched alkanes of at least 4 members (excludes halogenated alkanes) is 4. The standard InChI is InChI=1S/C25H35NO2/c1-2-3-4-5-6-7-19-12-13-21-16-22(25(27)28)14-15-23(21)24(19)20-10-8-18(17-26)9-11-20/h14-16,18-20,24H,2-13H2,1H3,(H,27,28). The average Bonchev–Trinajstić information content (AvgIpc) is 2.73. The normalized spacial score (nSPS) is 27.0. The average molecular weight is 382 g/mol. The fraction of sp³-hybridized carbons (Fsp3) is 0.680. The first-order valence-electron chi connectivity index (χ1n) is 11.4. The number of carboxylic acids is 1. The summed E-state index contributed by atoms with van der Waals surface area (Å²) < 4.78 is 0. The smallest absolute Gasteiger partial charge is 0.335 e. The molecule has 0 aliphatic heterocycles. The number of aromatic carboxylic acids is 1. The van der Waals surface area contributed by atoms with Crippen molar-refractivity contribution in [2.75, 3.05) is 0 Å². The van der Waals surface area contributed by atoms with E-state index in [-0.39, 0.29) is 5.92 Å². The number of nitriles is 1. The Morgan fingerprint density at radius 1 is 1.11 bits per heavy atom. The van der Waals surface area contributed by atoms with Crippen molar-refractivity contribution in [3.05, 3.63) is 34.9 Å². The minimum absolute atomic E-state index is 0.237. The number of hydrogen-bond acceptors (Lipinski definition) is 2. The molecule has 0 saturated heterocycles. The van der Waals surface area contributed by atoms with Crippen molar-refractivity contribution in [1.29, 1.82) is 5.26 Å². The molecule has 0 heterocycles. The van der Waals surface area contributed by atoms with E-state index in [1.54, 1.807) is 6.07 Å². The summed E-state index contributed by atoms with van der Waals surface area (Å²) in [6.07, 6.45) is 14.5. The van der Waals surface area contributed by atoms with Crippen LogP contribution in [0, 0.1) is 29.1 Å². The quantitative estimate of drug-likeness (QED) is 0.508. The number of carboxylic acid groups (broad SMARTS) is 1. The van der Waals surface area contributed by atoms with Gasteiger partial charge in [-0.15, -0.1) is 0 Å². The first-order valence-corrected chi connectivity index (χ1v) is 11.4. The molecule has 1 saturated carbocycles. The molecule has 1 aromatic carbocycles. The van der Waals surface area contributed by atoms with Crippen LogP contribution in [0.5, 0.6) is 0 Å². The predicted octanol–water partition coefficient (Wildman–Crippen LogP) is 6.72. The number of benzene rings is 1. The number of hydrogen-bond donors (Lipinski definition) is 1. The molecule has 2 unspecified atom stereocenters. The lowest BCUT2D eigenvalue weighted by Crippen LogP contribution is -2.30. The van der Waals surface area contributed by atoms with Gasteiger partial charge >= 0.3 is 5.97 Å². The molecule has 0 aromatic heterocycles. The second-order valence-electron chi connectivity index (χ2n) is 8.99. The molecule has 0 amide bonds. The lowest BCUT2D eigenvalue weighted by atomic mass is 9.63. The number of carbonyl (C=O) groups is 1. The molecule has 3 heteroatoms. The summed E-state index contributed by atoms with van der Waals surface area (Å²) >= 11 is 0. The maximum Gasteiger partial charge on any atom is 0.335 e. The molecule has 2 aliphatic carbocycles. The van der Waals surface area contributed by atoms with Crippen LogP contribution in [0.2, 0.25) is 0 Å². The maximum absolute atomic E-state index is 11.4. The van der Waals surface area contributed by atoms with Crippen molar-refractivity contribution in [2.24, 2.45) is 17.8 Å². The Hall–Kier alpha value is -1.82. The third-order valence-electron chi connectivity index (χ3n) is 7.18. The molecule has 1 N–H and O–H groups in total. The molecule has 28 heavy (non-hydrogen) atoms. The van der Waals surface area contributed by atoms with E-state index in [9.17, 15) is 15.2 Å². The molecule has 152 valence electrons. The predicted molar refractivity (Wildman–Crippen MR) is 112 cm³/mol. The van der Waals surface area contributed by atoms with E-state index in [2.05, 4.69) is 19.1 Å².